The molecule has 0 N–H and O–H groups in total. The summed E-state index contributed by atoms with van der Waals surface area (Å²) in [6, 6.07) is 0. The summed E-state index contributed by atoms with van der Waals surface area (Å²) in [6.07, 6.45) is 5.62. The molecule has 0 aromatic carbocycles. The van der Waals surface area contributed by atoms with Crippen LogP contribution in [0.3, 0.4) is 0 Å². The first kappa shape index (κ1) is 10.8. The summed E-state index contributed by atoms with van der Waals surface area (Å²) in [6.45, 7) is 4.64. The van der Waals surface area contributed by atoms with E-state index in [0.29, 0.717) is 0 Å². The van der Waals surface area contributed by atoms with Crippen LogP contribution in [0.2, 0.25) is 0 Å². The van der Waals surface area contributed by atoms with Crippen LogP contribution in [0, 0.1) is 5.92 Å². The fourth-order valence-corrected chi connectivity index (χ4v) is 5.05. The minimum Gasteiger partial charge on any atom is -0.146 e. The van der Waals surface area contributed by atoms with Gasteiger partial charge >= 0.3 is 0 Å². The largest absolute Gasteiger partial charge is 0.146 e. The molecule has 1 atom stereocenters. The van der Waals surface area contributed by atoms with E-state index >= 15 is 0 Å². The average molecular weight is 204 g/mol. The van der Waals surface area contributed by atoms with Crippen LogP contribution >= 0.6 is 23.5 Å². The van der Waals surface area contributed by atoms with Crippen molar-refractivity contribution in [2.45, 2.75) is 44.1 Å². The van der Waals surface area contributed by atoms with Gasteiger partial charge in [-0.15, -0.1) is 23.5 Å². The van der Waals surface area contributed by atoms with E-state index in [0.717, 1.165) is 10.5 Å². The number of hydrogen-bond donors (Lipinski definition) is 0. The topological polar surface area (TPSA) is 0 Å². The monoisotopic (exact) mass is 204 g/mol. The predicted octanol–water partition coefficient (Wildman–Crippen LogP) is 4.01. The normalized spacial score (nSPS) is 21.5. The SMILES string of the molecule is CCCCC(CC)C1SCCS1. The third-order valence-corrected chi connectivity index (χ3v) is 5.87. The quantitative estimate of drug-likeness (QED) is 0.663. The van der Waals surface area contributed by atoms with Gasteiger partial charge in [0.1, 0.15) is 0 Å². The van der Waals surface area contributed by atoms with Gasteiger partial charge in [-0.05, 0) is 12.3 Å². The smallest absolute Gasteiger partial charge is 0.0531 e. The molecule has 1 saturated heterocycles. The summed E-state index contributed by atoms with van der Waals surface area (Å²) in [4.78, 5) is 0. The zero-order valence-electron chi connectivity index (χ0n) is 8.21. The Balaban J connectivity index is 2.22. The van der Waals surface area contributed by atoms with Gasteiger partial charge in [0, 0.05) is 11.5 Å². The fourth-order valence-electron chi connectivity index (χ4n) is 1.65. The van der Waals surface area contributed by atoms with E-state index < -0.39 is 0 Å². The van der Waals surface area contributed by atoms with Crippen LogP contribution < -0.4 is 0 Å². The average Bonchev–Trinajstić information content (AvgIpc) is 2.59. The van der Waals surface area contributed by atoms with E-state index in [2.05, 4.69) is 37.4 Å². The number of thioether (sulfide) groups is 2. The van der Waals surface area contributed by atoms with Crippen LogP contribution in [-0.2, 0) is 0 Å². The third kappa shape index (κ3) is 3.21. The Morgan fingerprint density at radius 3 is 2.42 bits per heavy atom. The fraction of sp³-hybridized carbons (Fsp3) is 1.00. The molecule has 72 valence electrons. The van der Waals surface area contributed by atoms with Gasteiger partial charge in [0.25, 0.3) is 0 Å². The van der Waals surface area contributed by atoms with E-state index in [1.54, 1.807) is 0 Å². The Morgan fingerprint density at radius 1 is 1.25 bits per heavy atom. The molecule has 1 aliphatic heterocycles. The molecule has 2 heteroatoms. The minimum absolute atomic E-state index is 0.932. The van der Waals surface area contributed by atoms with Gasteiger partial charge in [0.05, 0.1) is 4.58 Å². The minimum atomic E-state index is 0.932. The Bertz CT molecular complexity index is 108. The highest BCUT2D eigenvalue weighted by Crippen LogP contribution is 2.40. The van der Waals surface area contributed by atoms with Crippen molar-refractivity contribution in [2.75, 3.05) is 11.5 Å². The maximum Gasteiger partial charge on any atom is 0.0531 e. The molecule has 12 heavy (non-hydrogen) atoms. The summed E-state index contributed by atoms with van der Waals surface area (Å²) >= 11 is 4.38. The van der Waals surface area contributed by atoms with Gasteiger partial charge < -0.3 is 0 Å². The third-order valence-electron chi connectivity index (χ3n) is 2.49. The van der Waals surface area contributed by atoms with Crippen molar-refractivity contribution in [3.63, 3.8) is 0 Å². The molecule has 0 radical (unpaired) electrons. The van der Waals surface area contributed by atoms with Crippen LogP contribution in [0.1, 0.15) is 39.5 Å². The molecular formula is C10H20S2. The summed E-state index contributed by atoms with van der Waals surface area (Å²) < 4.78 is 0.932. The molecule has 1 fully saturated rings. The first-order valence-electron chi connectivity index (χ1n) is 5.11. The highest BCUT2D eigenvalue weighted by Gasteiger charge is 2.23. The number of rotatable bonds is 5. The molecule has 1 rings (SSSR count). The Hall–Kier alpha value is 0.700. The van der Waals surface area contributed by atoms with Gasteiger partial charge in [-0.2, -0.15) is 0 Å². The van der Waals surface area contributed by atoms with Crippen LogP contribution in [0.25, 0.3) is 0 Å². The van der Waals surface area contributed by atoms with Crippen molar-refractivity contribution in [1.82, 2.24) is 0 Å². The van der Waals surface area contributed by atoms with E-state index in [1.165, 1.54) is 37.2 Å². The Labute approximate surface area is 85.3 Å². The van der Waals surface area contributed by atoms with Crippen molar-refractivity contribution in [3.05, 3.63) is 0 Å². The zero-order chi connectivity index (χ0) is 8.81. The van der Waals surface area contributed by atoms with Gasteiger partial charge in [-0.1, -0.05) is 33.1 Å². The number of hydrogen-bond acceptors (Lipinski definition) is 2. The van der Waals surface area contributed by atoms with E-state index in [-0.39, 0.29) is 0 Å². The number of unbranched alkanes of at least 4 members (excludes halogenated alkanes) is 1. The molecule has 0 aromatic heterocycles. The van der Waals surface area contributed by atoms with Crippen LogP contribution in [0.4, 0.5) is 0 Å². The molecule has 0 aliphatic carbocycles. The Kier molecular flexibility index (Phi) is 5.57. The lowest BCUT2D eigenvalue weighted by Gasteiger charge is -2.19. The maximum atomic E-state index is 2.35. The van der Waals surface area contributed by atoms with Crippen molar-refractivity contribution in [2.24, 2.45) is 5.92 Å². The van der Waals surface area contributed by atoms with E-state index in [4.69, 9.17) is 0 Å². The molecule has 0 aromatic rings. The first-order valence-corrected chi connectivity index (χ1v) is 7.21. The molecular weight excluding hydrogens is 184 g/mol. The summed E-state index contributed by atoms with van der Waals surface area (Å²) in [5.41, 5.74) is 0. The van der Waals surface area contributed by atoms with Gasteiger partial charge in [-0.3, -0.25) is 0 Å². The zero-order valence-corrected chi connectivity index (χ0v) is 9.85. The second kappa shape index (κ2) is 6.20. The molecule has 1 aliphatic rings. The van der Waals surface area contributed by atoms with Crippen molar-refractivity contribution in [1.29, 1.82) is 0 Å². The summed E-state index contributed by atoms with van der Waals surface area (Å²) in [7, 11) is 0. The summed E-state index contributed by atoms with van der Waals surface area (Å²) in [5, 5.41) is 0. The van der Waals surface area contributed by atoms with E-state index in [9.17, 15) is 0 Å². The standard InChI is InChI=1S/C10H20S2/c1-3-5-6-9(4-2)10-11-7-8-12-10/h9-10H,3-8H2,1-2H3. The van der Waals surface area contributed by atoms with Crippen LogP contribution in [-0.4, -0.2) is 16.1 Å². The second-order valence-corrected chi connectivity index (χ2v) is 6.22. The molecule has 0 bridgehead atoms. The van der Waals surface area contributed by atoms with E-state index in [1.807, 2.05) is 0 Å². The lowest BCUT2D eigenvalue weighted by atomic mass is 10.0. The van der Waals surface area contributed by atoms with Crippen LogP contribution in [0.5, 0.6) is 0 Å². The second-order valence-electron chi connectivity index (χ2n) is 3.42. The van der Waals surface area contributed by atoms with Gasteiger partial charge in [-0.25, -0.2) is 0 Å². The lowest BCUT2D eigenvalue weighted by molar-refractivity contribution is 0.486. The molecule has 0 saturated carbocycles. The van der Waals surface area contributed by atoms with Crippen molar-refractivity contribution >= 4 is 23.5 Å². The molecule has 1 heterocycles. The molecule has 0 spiro atoms. The summed E-state index contributed by atoms with van der Waals surface area (Å²) in [5.74, 6) is 3.76. The highest BCUT2D eigenvalue weighted by molar-refractivity contribution is 8.20. The van der Waals surface area contributed by atoms with Gasteiger partial charge in [0.2, 0.25) is 0 Å². The molecule has 1 unspecified atom stereocenters. The van der Waals surface area contributed by atoms with Crippen molar-refractivity contribution < 1.29 is 0 Å². The molecule has 0 amide bonds. The van der Waals surface area contributed by atoms with Crippen molar-refractivity contribution in [3.8, 4) is 0 Å². The maximum absolute atomic E-state index is 2.35. The predicted molar refractivity (Wildman–Crippen MR) is 62.0 cm³/mol. The lowest BCUT2D eigenvalue weighted by Crippen LogP contribution is -2.10. The molecule has 0 nitrogen and oxygen atoms in total. The van der Waals surface area contributed by atoms with Crippen LogP contribution in [0.15, 0.2) is 0 Å². The highest BCUT2D eigenvalue weighted by atomic mass is 32.2. The van der Waals surface area contributed by atoms with Gasteiger partial charge in [0.15, 0.2) is 0 Å². The first-order chi connectivity index (χ1) is 5.88. The Morgan fingerprint density at radius 2 is 1.92 bits per heavy atom.